The first-order valence-corrected chi connectivity index (χ1v) is 10.4. The van der Waals surface area contributed by atoms with E-state index in [1.54, 1.807) is 0 Å². The Morgan fingerprint density at radius 1 is 1.55 bits per heavy atom. The van der Waals surface area contributed by atoms with E-state index in [2.05, 4.69) is 24.8 Å². The molecule has 0 aromatic carbocycles. The van der Waals surface area contributed by atoms with Gasteiger partial charge < -0.3 is 34.1 Å². The van der Waals surface area contributed by atoms with Gasteiger partial charge in [0.05, 0.1) is 6.61 Å². The predicted molar refractivity (Wildman–Crippen MR) is 94.6 cm³/mol. The molecule has 2 aliphatic rings. The molecule has 2 aliphatic heterocycles. The van der Waals surface area contributed by atoms with Gasteiger partial charge in [0, 0.05) is 6.42 Å². The van der Waals surface area contributed by atoms with E-state index in [9.17, 15) is 19.4 Å². The Kier molecular flexibility index (Phi) is 6.95. The number of nitrogens with one attached hydrogen (secondary N) is 2. The zero-order chi connectivity index (χ0) is 20.1. The monoisotopic (exact) mass is 453 g/mol. The summed E-state index contributed by atoms with van der Waals surface area (Å²) in [5.41, 5.74) is 0.634. The summed E-state index contributed by atoms with van der Waals surface area (Å²) in [5.74, 6) is 0.0244. The summed E-state index contributed by atoms with van der Waals surface area (Å²) >= 11 is 5.32. The van der Waals surface area contributed by atoms with Gasteiger partial charge in [0.25, 0.3) is 7.82 Å². The number of amides is 1. The van der Waals surface area contributed by atoms with Crippen LogP contribution in [0.15, 0.2) is 6.33 Å². The molecule has 2 aromatic heterocycles. The molecule has 1 unspecified atom stereocenters. The van der Waals surface area contributed by atoms with Crippen molar-refractivity contribution in [2.45, 2.75) is 44.3 Å². The first kappa shape index (κ1) is 22.9. The Morgan fingerprint density at radius 2 is 2.31 bits per heavy atom. The summed E-state index contributed by atoms with van der Waals surface area (Å²) in [4.78, 5) is 34.6. The number of aliphatic hydroxyl groups excluding tert-OH is 1. The standard InChI is InChI=1S/C14H18N5O7PS.Na/c1-2-3-7(20)17-11-8-12(16-5-15-11)19(14(28)18-8)13-9(21)10-6(25-13)4-24-27(22,23)26-10;/h5-6,9-10,13,21H,2-4H2,1H3,(H,18,28)(H,22,23)(H,15,16,17,20);/q;+1/p-1/t6-,9-,10-,13-;/m1./s1. The Hall–Kier alpha value is -0.730. The van der Waals surface area contributed by atoms with Gasteiger partial charge in [-0.25, -0.2) is 9.97 Å². The zero-order valence-corrected chi connectivity index (χ0v) is 19.3. The molecule has 0 saturated carbocycles. The van der Waals surface area contributed by atoms with Crippen LogP contribution in [-0.2, 0) is 23.1 Å². The summed E-state index contributed by atoms with van der Waals surface area (Å²) in [5, 5.41) is 13.3. The molecule has 0 radical (unpaired) electrons. The Morgan fingerprint density at radius 3 is 3.03 bits per heavy atom. The van der Waals surface area contributed by atoms with Gasteiger partial charge in [0.2, 0.25) is 5.91 Å². The van der Waals surface area contributed by atoms with Crippen molar-refractivity contribution in [3.8, 4) is 0 Å². The number of carbonyl (C=O) groups excluding carboxylic acids is 1. The smallest absolute Gasteiger partial charge is 0.756 e. The summed E-state index contributed by atoms with van der Waals surface area (Å²) < 4.78 is 28.3. The van der Waals surface area contributed by atoms with Crippen LogP contribution in [0.1, 0.15) is 26.0 Å². The molecule has 5 atom stereocenters. The number of phosphoric acid groups is 1. The van der Waals surface area contributed by atoms with Crippen LogP contribution in [0.4, 0.5) is 5.82 Å². The van der Waals surface area contributed by atoms with Crippen LogP contribution in [0.3, 0.4) is 0 Å². The van der Waals surface area contributed by atoms with Gasteiger partial charge in [-0.15, -0.1) is 0 Å². The van der Waals surface area contributed by atoms with Crippen molar-refractivity contribution < 1.29 is 62.7 Å². The number of rotatable bonds is 4. The molecule has 15 heteroatoms. The Balaban J connectivity index is 0.00000240. The fourth-order valence-electron chi connectivity index (χ4n) is 3.23. The number of phosphoric ester groups is 1. The van der Waals surface area contributed by atoms with Crippen LogP contribution in [-0.4, -0.2) is 55.5 Å². The van der Waals surface area contributed by atoms with Gasteiger partial charge in [0.1, 0.15) is 30.2 Å². The van der Waals surface area contributed by atoms with Crippen LogP contribution in [0, 0.1) is 4.77 Å². The minimum Gasteiger partial charge on any atom is -0.756 e. The largest absolute Gasteiger partial charge is 1.00 e. The first-order chi connectivity index (χ1) is 13.3. The van der Waals surface area contributed by atoms with E-state index >= 15 is 0 Å². The number of aliphatic hydroxyl groups is 1. The number of aromatic nitrogens is 4. The van der Waals surface area contributed by atoms with E-state index in [0.29, 0.717) is 18.4 Å². The topological polar surface area (TPSA) is 164 Å². The van der Waals surface area contributed by atoms with Crippen molar-refractivity contribution in [2.75, 3.05) is 11.9 Å². The van der Waals surface area contributed by atoms with Crippen molar-refractivity contribution >= 4 is 42.9 Å². The van der Waals surface area contributed by atoms with Gasteiger partial charge in [-0.1, -0.05) is 6.92 Å². The summed E-state index contributed by atoms with van der Waals surface area (Å²) in [6, 6.07) is 0. The van der Waals surface area contributed by atoms with Crippen LogP contribution >= 0.6 is 20.0 Å². The molecule has 4 rings (SSSR count). The number of H-pyrrole nitrogens is 1. The van der Waals surface area contributed by atoms with Crippen molar-refractivity contribution in [3.63, 3.8) is 0 Å². The maximum atomic E-state index is 11.9. The van der Waals surface area contributed by atoms with E-state index in [-0.39, 0.29) is 58.3 Å². The SMILES string of the molecule is CCCC(=O)Nc1ncnc2c1[nH]c(=S)n2[C@@H]1O[C@@H]2COP(=O)([O-])O[C@H]2[C@H]1O.[Na+]. The molecule has 152 valence electrons. The van der Waals surface area contributed by atoms with E-state index in [4.69, 9.17) is 21.5 Å². The molecule has 2 saturated heterocycles. The van der Waals surface area contributed by atoms with Gasteiger partial charge in [-0.3, -0.25) is 13.9 Å². The second kappa shape index (κ2) is 8.79. The number of nitrogens with zero attached hydrogens (tertiary/aromatic N) is 3. The van der Waals surface area contributed by atoms with Crippen molar-refractivity contribution in [1.29, 1.82) is 0 Å². The molecule has 1 amide bonds. The molecule has 0 aliphatic carbocycles. The van der Waals surface area contributed by atoms with Crippen LogP contribution in [0.25, 0.3) is 11.2 Å². The first-order valence-electron chi connectivity index (χ1n) is 8.53. The number of anilines is 1. The zero-order valence-electron chi connectivity index (χ0n) is 15.6. The van der Waals surface area contributed by atoms with Crippen LogP contribution in [0.2, 0.25) is 0 Å². The number of aromatic amines is 1. The second-order valence-electron chi connectivity index (χ2n) is 6.39. The Bertz CT molecular complexity index is 1030. The maximum absolute atomic E-state index is 11.9. The number of ether oxygens (including phenoxy) is 1. The van der Waals surface area contributed by atoms with E-state index in [1.807, 2.05) is 6.92 Å². The second-order valence-corrected chi connectivity index (χ2v) is 8.14. The number of fused-ring (bicyclic) bond motifs is 2. The molecule has 2 aromatic rings. The normalized spacial score (nSPS) is 31.3. The van der Waals surface area contributed by atoms with Gasteiger partial charge in [0.15, 0.2) is 22.5 Å². The fraction of sp³-hybridized carbons (Fsp3) is 0.571. The number of hydrogen-bond acceptors (Lipinski definition) is 10. The molecule has 3 N–H and O–H groups in total. The number of imidazole rings is 1. The summed E-state index contributed by atoms with van der Waals surface area (Å²) in [6.45, 7) is 1.60. The fourth-order valence-corrected chi connectivity index (χ4v) is 4.47. The molecular formula is C14H17N5NaO7PS. The molecule has 4 heterocycles. The van der Waals surface area contributed by atoms with Gasteiger partial charge in [-0.05, 0) is 18.6 Å². The van der Waals surface area contributed by atoms with Crippen LogP contribution < -0.4 is 39.8 Å². The van der Waals surface area contributed by atoms with E-state index in [1.165, 1.54) is 10.9 Å². The minimum atomic E-state index is -4.49. The van der Waals surface area contributed by atoms with Crippen molar-refractivity contribution in [2.24, 2.45) is 0 Å². The molecule has 12 nitrogen and oxygen atoms in total. The predicted octanol–water partition coefficient (Wildman–Crippen LogP) is -2.63. The quantitative estimate of drug-likeness (QED) is 0.254. The van der Waals surface area contributed by atoms with Crippen LogP contribution in [0.5, 0.6) is 0 Å². The average molecular weight is 453 g/mol. The van der Waals surface area contributed by atoms with Gasteiger partial charge in [-0.2, -0.15) is 0 Å². The van der Waals surface area contributed by atoms with E-state index in [0.717, 1.165) is 0 Å². The summed E-state index contributed by atoms with van der Waals surface area (Å²) in [6.07, 6.45) is -2.08. The molecule has 0 spiro atoms. The Labute approximate surface area is 191 Å². The third-order valence-electron chi connectivity index (χ3n) is 4.45. The minimum absolute atomic E-state index is 0. The van der Waals surface area contributed by atoms with Crippen molar-refractivity contribution in [1.82, 2.24) is 19.5 Å². The third-order valence-corrected chi connectivity index (χ3v) is 5.72. The third kappa shape index (κ3) is 4.35. The van der Waals surface area contributed by atoms with E-state index < -0.39 is 32.4 Å². The maximum Gasteiger partial charge on any atom is 1.00 e. The van der Waals surface area contributed by atoms with Gasteiger partial charge >= 0.3 is 29.6 Å². The average Bonchev–Trinajstić information content (AvgIpc) is 3.12. The summed E-state index contributed by atoms with van der Waals surface area (Å²) in [7, 11) is -4.49. The molecule has 0 bridgehead atoms. The van der Waals surface area contributed by atoms with Crippen molar-refractivity contribution in [3.05, 3.63) is 11.1 Å². The molecular weight excluding hydrogens is 436 g/mol. The number of carbonyl (C=O) groups is 1. The molecule has 29 heavy (non-hydrogen) atoms. The number of hydrogen-bond donors (Lipinski definition) is 3. The molecule has 2 fully saturated rings.